The number of methoxy groups -OCH3 is 1. The van der Waals surface area contributed by atoms with Crippen LogP contribution in [-0.4, -0.2) is 34.1 Å². The summed E-state index contributed by atoms with van der Waals surface area (Å²) in [6, 6.07) is 1.70. The SMILES string of the molecule is COCCC(C)NC(=O)c1cc(S(N)(=O)=O)c(C)cc1F. The number of nitrogens with one attached hydrogen (secondary N) is 1. The summed E-state index contributed by atoms with van der Waals surface area (Å²) >= 11 is 0. The van der Waals surface area contributed by atoms with Gasteiger partial charge in [-0.1, -0.05) is 0 Å². The van der Waals surface area contributed by atoms with Gasteiger partial charge in [0.1, 0.15) is 5.82 Å². The summed E-state index contributed by atoms with van der Waals surface area (Å²) in [6.07, 6.45) is 0.553. The summed E-state index contributed by atoms with van der Waals surface area (Å²) in [4.78, 5) is 11.7. The fourth-order valence-corrected chi connectivity index (χ4v) is 2.59. The molecule has 1 aromatic carbocycles. The number of ether oxygens (including phenoxy) is 1. The number of carbonyl (C=O) groups is 1. The molecule has 0 heterocycles. The zero-order valence-electron chi connectivity index (χ0n) is 12.1. The van der Waals surface area contributed by atoms with Gasteiger partial charge in [-0.3, -0.25) is 4.79 Å². The van der Waals surface area contributed by atoms with Crippen molar-refractivity contribution in [3.8, 4) is 0 Å². The maximum atomic E-state index is 13.9. The van der Waals surface area contributed by atoms with Gasteiger partial charge in [-0.2, -0.15) is 0 Å². The van der Waals surface area contributed by atoms with Crippen LogP contribution in [0.4, 0.5) is 4.39 Å². The zero-order valence-corrected chi connectivity index (χ0v) is 13.0. The van der Waals surface area contributed by atoms with Gasteiger partial charge in [0.25, 0.3) is 5.91 Å². The molecule has 0 aromatic heterocycles. The highest BCUT2D eigenvalue weighted by Crippen LogP contribution is 2.19. The highest BCUT2D eigenvalue weighted by molar-refractivity contribution is 7.89. The Kier molecular flexibility index (Phi) is 5.82. The molecule has 0 radical (unpaired) electrons. The molecule has 3 N–H and O–H groups in total. The van der Waals surface area contributed by atoms with Crippen LogP contribution in [0.5, 0.6) is 0 Å². The van der Waals surface area contributed by atoms with E-state index in [0.29, 0.717) is 13.0 Å². The highest BCUT2D eigenvalue weighted by Gasteiger charge is 2.20. The second-order valence-electron chi connectivity index (χ2n) is 4.80. The monoisotopic (exact) mass is 318 g/mol. The van der Waals surface area contributed by atoms with Crippen molar-refractivity contribution in [1.29, 1.82) is 0 Å². The maximum absolute atomic E-state index is 13.9. The molecule has 1 rings (SSSR count). The fourth-order valence-electron chi connectivity index (χ4n) is 1.80. The molecule has 1 unspecified atom stereocenters. The zero-order chi connectivity index (χ0) is 16.2. The van der Waals surface area contributed by atoms with Crippen LogP contribution < -0.4 is 10.5 Å². The lowest BCUT2D eigenvalue weighted by Crippen LogP contribution is -2.34. The van der Waals surface area contributed by atoms with Crippen LogP contribution in [0.1, 0.15) is 29.3 Å². The van der Waals surface area contributed by atoms with Gasteiger partial charge in [-0.15, -0.1) is 0 Å². The van der Waals surface area contributed by atoms with Gasteiger partial charge < -0.3 is 10.1 Å². The van der Waals surface area contributed by atoms with E-state index < -0.39 is 21.7 Å². The molecule has 21 heavy (non-hydrogen) atoms. The van der Waals surface area contributed by atoms with Crippen molar-refractivity contribution in [3.63, 3.8) is 0 Å². The number of hydrogen-bond acceptors (Lipinski definition) is 4. The first-order chi connectivity index (χ1) is 9.66. The number of rotatable bonds is 6. The minimum Gasteiger partial charge on any atom is -0.385 e. The molecule has 0 spiro atoms. The first-order valence-corrected chi connectivity index (χ1v) is 7.84. The molecule has 0 aliphatic heterocycles. The summed E-state index contributed by atoms with van der Waals surface area (Å²) in [5.41, 5.74) is -0.201. The van der Waals surface area contributed by atoms with E-state index in [4.69, 9.17) is 9.88 Å². The number of hydrogen-bond donors (Lipinski definition) is 2. The van der Waals surface area contributed by atoms with E-state index in [2.05, 4.69) is 5.32 Å². The largest absolute Gasteiger partial charge is 0.385 e. The average Bonchev–Trinajstić information content (AvgIpc) is 2.34. The minimum atomic E-state index is -4.02. The summed E-state index contributed by atoms with van der Waals surface area (Å²) in [5.74, 6) is -1.49. The number of nitrogens with two attached hydrogens (primary N) is 1. The normalized spacial score (nSPS) is 13.0. The van der Waals surface area contributed by atoms with Crippen molar-refractivity contribution in [2.75, 3.05) is 13.7 Å². The van der Waals surface area contributed by atoms with E-state index in [-0.39, 0.29) is 22.1 Å². The molecule has 0 fully saturated rings. The Balaban J connectivity index is 3.05. The molecule has 0 saturated carbocycles. The van der Waals surface area contributed by atoms with Crippen molar-refractivity contribution in [1.82, 2.24) is 5.32 Å². The Morgan fingerprint density at radius 1 is 1.48 bits per heavy atom. The predicted octanol–water partition coefficient (Wildman–Crippen LogP) is 0.936. The maximum Gasteiger partial charge on any atom is 0.254 e. The van der Waals surface area contributed by atoms with E-state index in [1.165, 1.54) is 14.0 Å². The Hall–Kier alpha value is -1.51. The Morgan fingerprint density at radius 3 is 2.62 bits per heavy atom. The molecule has 0 aliphatic rings. The van der Waals surface area contributed by atoms with Crippen molar-refractivity contribution in [2.24, 2.45) is 5.14 Å². The van der Waals surface area contributed by atoms with Gasteiger partial charge in [-0.25, -0.2) is 17.9 Å². The van der Waals surface area contributed by atoms with E-state index in [9.17, 15) is 17.6 Å². The topological polar surface area (TPSA) is 98.5 Å². The molecule has 1 atom stereocenters. The standard InChI is InChI=1S/C13H19FN2O4S/c1-8-6-11(14)10(7-12(8)21(15,18)19)13(17)16-9(2)4-5-20-3/h6-7,9H,4-5H2,1-3H3,(H,16,17)(H2,15,18,19). The Bertz CT molecular complexity index is 631. The van der Waals surface area contributed by atoms with Gasteiger partial charge >= 0.3 is 0 Å². The van der Waals surface area contributed by atoms with Crippen LogP contribution >= 0.6 is 0 Å². The summed E-state index contributed by atoms with van der Waals surface area (Å²) in [6.45, 7) is 3.59. The molecular weight excluding hydrogens is 299 g/mol. The van der Waals surface area contributed by atoms with Gasteiger partial charge in [0.05, 0.1) is 10.5 Å². The lowest BCUT2D eigenvalue weighted by Gasteiger charge is -2.14. The Morgan fingerprint density at radius 2 is 2.10 bits per heavy atom. The van der Waals surface area contributed by atoms with Crippen LogP contribution in [0.15, 0.2) is 17.0 Å². The summed E-state index contributed by atoms with van der Waals surface area (Å²) in [7, 11) is -2.48. The van der Waals surface area contributed by atoms with E-state index in [1.54, 1.807) is 6.92 Å². The second-order valence-corrected chi connectivity index (χ2v) is 6.33. The molecule has 8 heteroatoms. The summed E-state index contributed by atoms with van der Waals surface area (Å²) in [5, 5.41) is 7.62. The molecule has 6 nitrogen and oxygen atoms in total. The van der Waals surface area contributed by atoms with Gasteiger partial charge in [-0.05, 0) is 38.0 Å². The number of benzene rings is 1. The first kappa shape index (κ1) is 17.5. The number of sulfonamides is 1. The smallest absolute Gasteiger partial charge is 0.254 e. The third-order valence-corrected chi connectivity index (χ3v) is 4.00. The number of primary sulfonamides is 1. The van der Waals surface area contributed by atoms with Crippen molar-refractivity contribution in [2.45, 2.75) is 31.2 Å². The minimum absolute atomic E-state index is 0.152. The second kappa shape index (κ2) is 6.97. The van der Waals surface area contributed by atoms with Gasteiger partial charge in [0.15, 0.2) is 0 Å². The van der Waals surface area contributed by atoms with Gasteiger partial charge in [0, 0.05) is 19.8 Å². The number of halogens is 1. The molecule has 1 amide bonds. The fraction of sp³-hybridized carbons (Fsp3) is 0.462. The van der Waals surface area contributed by atoms with Crippen LogP contribution in [0.25, 0.3) is 0 Å². The molecule has 0 aliphatic carbocycles. The molecule has 118 valence electrons. The third kappa shape index (κ3) is 4.76. The van der Waals surface area contributed by atoms with E-state index in [0.717, 1.165) is 12.1 Å². The number of carbonyl (C=O) groups excluding carboxylic acids is 1. The first-order valence-electron chi connectivity index (χ1n) is 6.29. The van der Waals surface area contributed by atoms with Crippen LogP contribution in [0.3, 0.4) is 0 Å². The Labute approximate surface area is 123 Å². The van der Waals surface area contributed by atoms with Crippen molar-refractivity contribution < 1.29 is 22.3 Å². The average molecular weight is 318 g/mol. The van der Waals surface area contributed by atoms with E-state index >= 15 is 0 Å². The van der Waals surface area contributed by atoms with Crippen LogP contribution in [0.2, 0.25) is 0 Å². The molecule has 0 bridgehead atoms. The molecular formula is C13H19FN2O4S. The van der Waals surface area contributed by atoms with Crippen molar-refractivity contribution in [3.05, 3.63) is 29.1 Å². The summed E-state index contributed by atoms with van der Waals surface area (Å²) < 4.78 is 41.6. The molecule has 0 saturated heterocycles. The van der Waals surface area contributed by atoms with Crippen LogP contribution in [0, 0.1) is 12.7 Å². The van der Waals surface area contributed by atoms with Crippen molar-refractivity contribution >= 4 is 15.9 Å². The predicted molar refractivity (Wildman–Crippen MR) is 75.9 cm³/mol. The highest BCUT2D eigenvalue weighted by atomic mass is 32.2. The lowest BCUT2D eigenvalue weighted by molar-refractivity contribution is 0.0925. The molecule has 1 aromatic rings. The van der Waals surface area contributed by atoms with E-state index in [1.807, 2.05) is 0 Å². The number of amides is 1. The third-order valence-electron chi connectivity index (χ3n) is 2.95. The lowest BCUT2D eigenvalue weighted by atomic mass is 10.1. The quantitative estimate of drug-likeness (QED) is 0.815. The van der Waals surface area contributed by atoms with Gasteiger partial charge in [0.2, 0.25) is 10.0 Å². The van der Waals surface area contributed by atoms with Crippen LogP contribution in [-0.2, 0) is 14.8 Å². The number of aryl methyl sites for hydroxylation is 1.